The van der Waals surface area contributed by atoms with Crippen LogP contribution < -0.4 is 0 Å². The average molecular weight is 282 g/mol. The van der Waals surface area contributed by atoms with E-state index in [-0.39, 0.29) is 0 Å². The maximum absolute atomic E-state index is 8.94. The molecule has 0 bridgehead atoms. The molecule has 21 heavy (non-hydrogen) atoms. The maximum atomic E-state index is 8.94. The van der Waals surface area contributed by atoms with E-state index in [9.17, 15) is 0 Å². The molecule has 3 rings (SSSR count). The number of hydrogen-bond acceptors (Lipinski definition) is 3. The van der Waals surface area contributed by atoms with Crippen LogP contribution in [-0.4, -0.2) is 54.1 Å². The molecule has 1 aliphatic heterocycles. The second-order valence-electron chi connectivity index (χ2n) is 5.89. The Bertz CT molecular complexity index is 644. The summed E-state index contributed by atoms with van der Waals surface area (Å²) in [6.07, 6.45) is 3.31. The summed E-state index contributed by atoms with van der Waals surface area (Å²) in [5, 5.41) is 10.1. The molecule has 2 heterocycles. The van der Waals surface area contributed by atoms with E-state index in [0.29, 0.717) is 0 Å². The van der Waals surface area contributed by atoms with E-state index in [2.05, 4.69) is 45.8 Å². The number of benzene rings is 1. The van der Waals surface area contributed by atoms with Crippen molar-refractivity contribution in [2.75, 3.05) is 39.8 Å². The van der Waals surface area contributed by atoms with Gasteiger partial charge in [-0.15, -0.1) is 0 Å². The Hall–Kier alpha value is -1.83. The lowest BCUT2D eigenvalue weighted by molar-refractivity contribution is 0.151. The lowest BCUT2D eigenvalue weighted by atomic mass is 10.2. The molecule has 1 aromatic carbocycles. The third-order valence-electron chi connectivity index (χ3n) is 4.37. The summed E-state index contributed by atoms with van der Waals surface area (Å²) in [5.74, 6) is 0. The fraction of sp³-hybridized carbons (Fsp3) is 0.471. The molecule has 0 aliphatic carbocycles. The van der Waals surface area contributed by atoms with Crippen molar-refractivity contribution < 1.29 is 0 Å². The molecular weight excluding hydrogens is 260 g/mol. The van der Waals surface area contributed by atoms with E-state index in [1.54, 1.807) is 0 Å². The van der Waals surface area contributed by atoms with Gasteiger partial charge < -0.3 is 14.4 Å². The third kappa shape index (κ3) is 3.26. The van der Waals surface area contributed by atoms with Crippen LogP contribution in [0.1, 0.15) is 12.0 Å². The van der Waals surface area contributed by atoms with Gasteiger partial charge in [0.25, 0.3) is 0 Å². The molecule has 1 aromatic heterocycles. The van der Waals surface area contributed by atoms with Crippen molar-refractivity contribution in [1.82, 2.24) is 14.4 Å². The molecule has 0 saturated carbocycles. The van der Waals surface area contributed by atoms with Crippen LogP contribution in [0.3, 0.4) is 0 Å². The predicted octanol–water partition coefficient (Wildman–Crippen LogP) is 2.15. The second kappa shape index (κ2) is 6.30. The number of nitriles is 1. The minimum absolute atomic E-state index is 0.734. The van der Waals surface area contributed by atoms with E-state index in [0.717, 1.165) is 17.5 Å². The highest BCUT2D eigenvalue weighted by atomic mass is 15.2. The summed E-state index contributed by atoms with van der Waals surface area (Å²) < 4.78 is 2.30. The minimum Gasteiger partial charge on any atom is -0.347 e. The van der Waals surface area contributed by atoms with Gasteiger partial charge in [0.2, 0.25) is 0 Å². The van der Waals surface area contributed by atoms with Crippen LogP contribution >= 0.6 is 0 Å². The number of nitrogens with zero attached hydrogens (tertiary/aromatic N) is 4. The lowest BCUT2D eigenvalue weighted by Crippen LogP contribution is -2.44. The summed E-state index contributed by atoms with van der Waals surface area (Å²) >= 11 is 0. The summed E-state index contributed by atoms with van der Waals surface area (Å²) in [6, 6.07) is 10.2. The first-order valence-corrected chi connectivity index (χ1v) is 7.66. The molecule has 0 N–H and O–H groups in total. The first kappa shape index (κ1) is 14.1. The van der Waals surface area contributed by atoms with Crippen LogP contribution in [0.2, 0.25) is 0 Å². The Balaban J connectivity index is 1.57. The number of hydrogen-bond donors (Lipinski definition) is 0. The van der Waals surface area contributed by atoms with Crippen LogP contribution in [0.5, 0.6) is 0 Å². The number of aryl methyl sites for hydroxylation is 1. The molecule has 2 aromatic rings. The van der Waals surface area contributed by atoms with E-state index < -0.39 is 0 Å². The third-order valence-corrected chi connectivity index (χ3v) is 4.37. The second-order valence-corrected chi connectivity index (χ2v) is 5.89. The Morgan fingerprint density at radius 1 is 1.10 bits per heavy atom. The smallest absolute Gasteiger partial charge is 0.0991 e. The van der Waals surface area contributed by atoms with E-state index in [4.69, 9.17) is 5.26 Å². The number of aromatic nitrogens is 1. The molecule has 0 unspecified atom stereocenters. The molecular formula is C17H22N4. The molecule has 0 atom stereocenters. The Morgan fingerprint density at radius 2 is 1.90 bits per heavy atom. The summed E-state index contributed by atoms with van der Waals surface area (Å²) in [5.41, 5.74) is 1.96. The first-order chi connectivity index (χ1) is 10.3. The monoisotopic (exact) mass is 282 g/mol. The SMILES string of the molecule is CN1CCN(CCCn2ccc3cc(C#N)ccc32)CC1. The quantitative estimate of drug-likeness (QED) is 0.862. The maximum Gasteiger partial charge on any atom is 0.0991 e. The summed E-state index contributed by atoms with van der Waals surface area (Å²) in [6.45, 7) is 6.96. The van der Waals surface area contributed by atoms with Gasteiger partial charge >= 0.3 is 0 Å². The average Bonchev–Trinajstić information content (AvgIpc) is 2.91. The predicted molar refractivity (Wildman–Crippen MR) is 85.2 cm³/mol. The molecule has 1 aliphatic rings. The largest absolute Gasteiger partial charge is 0.347 e. The van der Waals surface area contributed by atoms with Crippen molar-refractivity contribution in [3.8, 4) is 6.07 Å². The van der Waals surface area contributed by atoms with Crippen molar-refractivity contribution in [3.05, 3.63) is 36.0 Å². The first-order valence-electron chi connectivity index (χ1n) is 7.66. The zero-order valence-corrected chi connectivity index (χ0v) is 12.6. The highest BCUT2D eigenvalue weighted by molar-refractivity contribution is 5.81. The lowest BCUT2D eigenvalue weighted by Gasteiger charge is -2.32. The fourth-order valence-corrected chi connectivity index (χ4v) is 3.00. The van der Waals surface area contributed by atoms with E-state index in [1.807, 2.05) is 12.1 Å². The van der Waals surface area contributed by atoms with Crippen LogP contribution in [0.4, 0.5) is 0 Å². The van der Waals surface area contributed by atoms with Crippen molar-refractivity contribution in [2.24, 2.45) is 0 Å². The van der Waals surface area contributed by atoms with Gasteiger partial charge in [-0.3, -0.25) is 0 Å². The fourth-order valence-electron chi connectivity index (χ4n) is 3.00. The summed E-state index contributed by atoms with van der Waals surface area (Å²) in [4.78, 5) is 4.95. The molecule has 0 radical (unpaired) electrons. The molecule has 1 saturated heterocycles. The number of rotatable bonds is 4. The van der Waals surface area contributed by atoms with Crippen molar-refractivity contribution in [2.45, 2.75) is 13.0 Å². The van der Waals surface area contributed by atoms with Crippen LogP contribution in [0.15, 0.2) is 30.5 Å². The highest BCUT2D eigenvalue weighted by Crippen LogP contribution is 2.18. The van der Waals surface area contributed by atoms with Crippen molar-refractivity contribution >= 4 is 10.9 Å². The van der Waals surface area contributed by atoms with Gasteiger partial charge in [0.15, 0.2) is 0 Å². The molecule has 4 nitrogen and oxygen atoms in total. The number of piperazine rings is 1. The van der Waals surface area contributed by atoms with Crippen LogP contribution in [0, 0.1) is 11.3 Å². The van der Waals surface area contributed by atoms with Gasteiger partial charge in [0, 0.05) is 49.8 Å². The van der Waals surface area contributed by atoms with Crippen molar-refractivity contribution in [1.29, 1.82) is 5.26 Å². The normalized spacial score (nSPS) is 17.1. The molecule has 0 spiro atoms. The molecule has 0 amide bonds. The van der Waals surface area contributed by atoms with Gasteiger partial charge in [-0.2, -0.15) is 5.26 Å². The van der Waals surface area contributed by atoms with Crippen LogP contribution in [-0.2, 0) is 6.54 Å². The standard InChI is InChI=1S/C17H22N4/c1-19-9-11-20(12-10-19)6-2-7-21-8-5-16-13-15(14-18)3-4-17(16)21/h3-5,8,13H,2,6-7,9-12H2,1H3. The minimum atomic E-state index is 0.734. The van der Waals surface area contributed by atoms with E-state index in [1.165, 1.54) is 44.7 Å². The highest BCUT2D eigenvalue weighted by Gasteiger charge is 2.13. The van der Waals surface area contributed by atoms with Crippen LogP contribution in [0.25, 0.3) is 10.9 Å². The van der Waals surface area contributed by atoms with Gasteiger partial charge in [0.1, 0.15) is 0 Å². The van der Waals surface area contributed by atoms with Gasteiger partial charge in [-0.05, 0) is 44.3 Å². The molecule has 110 valence electrons. The zero-order valence-electron chi connectivity index (χ0n) is 12.6. The topological polar surface area (TPSA) is 35.2 Å². The van der Waals surface area contributed by atoms with E-state index >= 15 is 0 Å². The molecule has 4 heteroatoms. The summed E-state index contributed by atoms with van der Waals surface area (Å²) in [7, 11) is 2.19. The van der Waals surface area contributed by atoms with Gasteiger partial charge in [-0.1, -0.05) is 0 Å². The number of likely N-dealkylation sites (N-methyl/N-ethyl adjacent to an activating group) is 1. The number of fused-ring (bicyclic) bond motifs is 1. The zero-order chi connectivity index (χ0) is 14.7. The Kier molecular flexibility index (Phi) is 4.23. The van der Waals surface area contributed by atoms with Gasteiger partial charge in [-0.25, -0.2) is 0 Å². The Labute approximate surface area is 126 Å². The Morgan fingerprint density at radius 3 is 2.67 bits per heavy atom. The van der Waals surface area contributed by atoms with Crippen molar-refractivity contribution in [3.63, 3.8) is 0 Å². The van der Waals surface area contributed by atoms with Gasteiger partial charge in [0.05, 0.1) is 11.6 Å². The molecule has 1 fully saturated rings.